The van der Waals surface area contributed by atoms with Crippen molar-refractivity contribution in [3.05, 3.63) is 77.9 Å². The number of hydrogen-bond acceptors (Lipinski definition) is 8. The largest absolute Gasteiger partial charge is 0.478 e. The summed E-state index contributed by atoms with van der Waals surface area (Å²) in [6.07, 6.45) is 0. The van der Waals surface area contributed by atoms with E-state index in [1.807, 2.05) is 74.5 Å². The van der Waals surface area contributed by atoms with Crippen molar-refractivity contribution in [2.24, 2.45) is 0 Å². The lowest BCUT2D eigenvalue weighted by Gasteiger charge is -2.41. The third-order valence-electron chi connectivity index (χ3n) is 7.79. The highest BCUT2D eigenvalue weighted by molar-refractivity contribution is 5.99. The van der Waals surface area contributed by atoms with E-state index in [0.717, 1.165) is 16.8 Å². The van der Waals surface area contributed by atoms with Crippen molar-refractivity contribution in [3.8, 4) is 11.8 Å². The molecule has 0 saturated carbocycles. The molecule has 0 aliphatic carbocycles. The van der Waals surface area contributed by atoms with Crippen LogP contribution in [0, 0.1) is 13.8 Å². The number of hydrogen-bond donors (Lipinski definition) is 2. The predicted molar refractivity (Wildman–Crippen MR) is 169 cm³/mol. The van der Waals surface area contributed by atoms with Gasteiger partial charge in [-0.3, -0.25) is 10.6 Å². The van der Waals surface area contributed by atoms with E-state index in [1.165, 1.54) is 14.2 Å². The molecule has 0 spiro atoms. The Kier molecular flexibility index (Phi) is 7.66. The number of aryl methyl sites for hydroxylation is 2. The number of nitrogens with one attached hydrogen (secondary N) is 2. The van der Waals surface area contributed by atoms with Crippen LogP contribution in [0.25, 0.3) is 22.1 Å². The normalized spacial score (nSPS) is 14.3. The first-order valence-electron chi connectivity index (χ1n) is 14.2. The average Bonchev–Trinajstić information content (AvgIpc) is 3.03. The summed E-state index contributed by atoms with van der Waals surface area (Å²) >= 11 is 0. The van der Waals surface area contributed by atoms with E-state index in [4.69, 9.17) is 9.47 Å². The number of ether oxygens (including phenoxy) is 2. The molecule has 12 nitrogen and oxygen atoms in total. The maximum absolute atomic E-state index is 14.3. The topological polar surface area (TPSA) is 131 Å². The fourth-order valence-electron chi connectivity index (χ4n) is 5.59. The van der Waals surface area contributed by atoms with Gasteiger partial charge in [0.05, 0.1) is 49.4 Å². The van der Waals surface area contributed by atoms with E-state index in [9.17, 15) is 9.59 Å². The molecule has 0 bridgehead atoms. The fourth-order valence-corrected chi connectivity index (χ4v) is 5.59. The van der Waals surface area contributed by atoms with E-state index < -0.39 is 0 Å². The summed E-state index contributed by atoms with van der Waals surface area (Å²) in [6, 6.07) is 20.2. The van der Waals surface area contributed by atoms with Crippen LogP contribution in [0.2, 0.25) is 0 Å². The zero-order chi connectivity index (χ0) is 30.8. The molecule has 1 fully saturated rings. The van der Waals surface area contributed by atoms with Crippen LogP contribution in [0.5, 0.6) is 11.8 Å². The van der Waals surface area contributed by atoms with Gasteiger partial charge in [0.1, 0.15) is 18.8 Å². The third kappa shape index (κ3) is 5.42. The summed E-state index contributed by atoms with van der Waals surface area (Å²) in [5.41, 5.74) is 5.50. The Morgan fingerprint density at radius 1 is 0.705 bits per heavy atom. The summed E-state index contributed by atoms with van der Waals surface area (Å²) in [5, 5.41) is 5.85. The highest BCUT2D eigenvalue weighted by atomic mass is 16.5. The second kappa shape index (κ2) is 11.7. The number of amides is 4. The number of nitrogens with zero attached hydrogens (tertiary/aromatic N) is 6. The molecule has 3 aromatic carbocycles. The minimum Gasteiger partial charge on any atom is -0.478 e. The molecule has 44 heavy (non-hydrogen) atoms. The Morgan fingerprint density at radius 2 is 1.16 bits per heavy atom. The molecule has 2 N–H and O–H groups in total. The van der Waals surface area contributed by atoms with E-state index in [2.05, 4.69) is 36.6 Å². The van der Waals surface area contributed by atoms with Gasteiger partial charge in [0, 0.05) is 12.1 Å². The number of urea groups is 2. The summed E-state index contributed by atoms with van der Waals surface area (Å²) in [7, 11) is 2.98. The molecule has 1 aliphatic heterocycles. The molecule has 0 unspecified atom stereocenters. The first kappa shape index (κ1) is 28.7. The second-order valence-electron chi connectivity index (χ2n) is 10.7. The molecule has 5 aromatic rings. The van der Waals surface area contributed by atoms with E-state index in [1.54, 1.807) is 4.90 Å². The van der Waals surface area contributed by atoms with Crippen molar-refractivity contribution in [2.45, 2.75) is 13.8 Å². The molecule has 224 valence electrons. The molecule has 6 rings (SSSR count). The van der Waals surface area contributed by atoms with Gasteiger partial charge in [-0.25, -0.2) is 34.0 Å². The van der Waals surface area contributed by atoms with Crippen LogP contribution in [0.4, 0.5) is 26.9 Å². The second-order valence-corrected chi connectivity index (χ2v) is 10.7. The van der Waals surface area contributed by atoms with Crippen LogP contribution >= 0.6 is 0 Å². The van der Waals surface area contributed by atoms with Crippen molar-refractivity contribution in [2.75, 3.05) is 51.0 Å². The zero-order valence-corrected chi connectivity index (χ0v) is 25.0. The number of carbonyl (C=O) groups is 2. The number of aromatic nitrogens is 4. The molecule has 3 heterocycles. The first-order chi connectivity index (χ1) is 21.3. The Labute approximate surface area is 254 Å². The molecule has 2 aromatic heterocycles. The number of methoxy groups -OCH3 is 2. The van der Waals surface area contributed by atoms with Crippen molar-refractivity contribution in [3.63, 3.8) is 0 Å². The lowest BCUT2D eigenvalue weighted by atomic mass is 10.1. The SMILES string of the molecule is COc1nc2ccccc2nc1NC(=O)N1CC[N+](C(=O)Nc2nc3ccccc3nc2OC)(c2cc(C)cc(C)c2)CC1. The average molecular weight is 594 g/mol. The minimum absolute atomic E-state index is 0.0386. The van der Waals surface area contributed by atoms with Gasteiger partial charge in [0.2, 0.25) is 5.82 Å². The van der Waals surface area contributed by atoms with Gasteiger partial charge in [-0.1, -0.05) is 30.3 Å². The Morgan fingerprint density at radius 3 is 1.64 bits per heavy atom. The lowest BCUT2D eigenvalue weighted by molar-refractivity contribution is 0.157. The molecular formula is C32H33N8O4+. The Balaban J connectivity index is 1.28. The van der Waals surface area contributed by atoms with Crippen LogP contribution in [-0.4, -0.2) is 77.3 Å². The predicted octanol–water partition coefficient (Wildman–Crippen LogP) is 5.29. The Hall–Kier alpha value is -5.36. The number of anilines is 2. The summed E-state index contributed by atoms with van der Waals surface area (Å²) < 4.78 is 10.9. The number of benzene rings is 3. The van der Waals surface area contributed by atoms with E-state index >= 15 is 0 Å². The van der Waals surface area contributed by atoms with Gasteiger partial charge in [-0.15, -0.1) is 0 Å². The summed E-state index contributed by atoms with van der Waals surface area (Å²) in [4.78, 5) is 47.6. The van der Waals surface area contributed by atoms with Gasteiger partial charge < -0.3 is 14.4 Å². The van der Waals surface area contributed by atoms with Gasteiger partial charge in [-0.2, -0.15) is 0 Å². The number of rotatable bonds is 5. The molecule has 0 atom stereocenters. The van der Waals surface area contributed by atoms with Gasteiger partial charge in [0.25, 0.3) is 11.8 Å². The fraction of sp³-hybridized carbons (Fsp3) is 0.250. The van der Waals surface area contributed by atoms with Crippen LogP contribution in [0.15, 0.2) is 66.7 Å². The maximum Gasteiger partial charge on any atom is 0.427 e. The van der Waals surface area contributed by atoms with Crippen LogP contribution < -0.4 is 24.6 Å². The number of para-hydroxylation sites is 4. The summed E-state index contributed by atoms with van der Waals surface area (Å²) in [5.74, 6) is 0.912. The zero-order valence-electron chi connectivity index (χ0n) is 25.0. The van der Waals surface area contributed by atoms with Gasteiger partial charge in [-0.05, 0) is 49.2 Å². The molecule has 4 amide bonds. The molecular weight excluding hydrogens is 560 g/mol. The quantitative estimate of drug-likeness (QED) is 0.263. The monoisotopic (exact) mass is 593 g/mol. The van der Waals surface area contributed by atoms with Crippen LogP contribution in [0.3, 0.4) is 0 Å². The van der Waals surface area contributed by atoms with Crippen LogP contribution in [-0.2, 0) is 0 Å². The minimum atomic E-state index is -0.353. The van der Waals surface area contributed by atoms with Crippen molar-refractivity contribution in [1.82, 2.24) is 29.3 Å². The standard InChI is InChI=1S/C32H32N8O4/c1-20-17-21(2)19-22(18-20)40(32(42)38-28-30(44-4)36-26-12-8-6-10-24(26)34-28)15-13-39(14-16-40)31(41)37-27-29(43-3)35-25-11-7-5-9-23(25)33-27/h5-12,17-19H,13-16H2,1-4H3,(H-,33,34,37,38,41,42)/p+1. The molecule has 1 aliphatic rings. The van der Waals surface area contributed by atoms with E-state index in [-0.39, 0.29) is 39.9 Å². The summed E-state index contributed by atoms with van der Waals surface area (Å²) in [6.45, 7) is 5.26. The van der Waals surface area contributed by atoms with Gasteiger partial charge >= 0.3 is 12.1 Å². The number of fused-ring (bicyclic) bond motifs is 2. The number of carbonyl (C=O) groups excluding carboxylic acids is 2. The number of piperazine rings is 1. The van der Waals surface area contributed by atoms with Gasteiger partial charge in [0.15, 0.2) is 5.82 Å². The third-order valence-corrected chi connectivity index (χ3v) is 7.79. The Bertz CT molecular complexity index is 1870. The van der Waals surface area contributed by atoms with Crippen molar-refractivity contribution >= 4 is 51.5 Å². The van der Waals surface area contributed by atoms with Crippen LogP contribution in [0.1, 0.15) is 11.1 Å². The van der Waals surface area contributed by atoms with Crippen molar-refractivity contribution in [1.29, 1.82) is 0 Å². The van der Waals surface area contributed by atoms with Crippen molar-refractivity contribution < 1.29 is 19.1 Å². The maximum atomic E-state index is 14.3. The molecule has 0 radical (unpaired) electrons. The first-order valence-corrected chi connectivity index (χ1v) is 14.2. The van der Waals surface area contributed by atoms with E-state index in [0.29, 0.717) is 48.2 Å². The number of quaternary nitrogens is 1. The lowest BCUT2D eigenvalue weighted by Crippen LogP contribution is -2.66. The molecule has 1 saturated heterocycles. The highest BCUT2D eigenvalue weighted by Crippen LogP contribution is 2.32. The molecule has 12 heteroatoms. The smallest absolute Gasteiger partial charge is 0.427 e. The highest BCUT2D eigenvalue weighted by Gasteiger charge is 2.44.